The van der Waals surface area contributed by atoms with Crippen molar-refractivity contribution >= 4 is 50.5 Å². The fraction of sp³-hybridized carbons (Fsp3) is 0.278. The topological polar surface area (TPSA) is 66.5 Å². The van der Waals surface area contributed by atoms with Gasteiger partial charge in [-0.05, 0) is 56.2 Å². The molecular formula is C18H20Cl2N2O3S. The highest BCUT2D eigenvalue weighted by Gasteiger charge is 2.29. The maximum absolute atomic E-state index is 12.7. The van der Waals surface area contributed by atoms with Crippen molar-refractivity contribution in [3.8, 4) is 0 Å². The number of hydrogen-bond acceptors (Lipinski definition) is 3. The molecule has 2 aromatic rings. The zero-order valence-corrected chi connectivity index (χ0v) is 17.2. The van der Waals surface area contributed by atoms with Gasteiger partial charge >= 0.3 is 0 Å². The molecule has 1 amide bonds. The van der Waals surface area contributed by atoms with Gasteiger partial charge in [-0.15, -0.1) is 0 Å². The minimum atomic E-state index is -3.73. The molecule has 1 atom stereocenters. The summed E-state index contributed by atoms with van der Waals surface area (Å²) in [6, 6.07) is 9.11. The van der Waals surface area contributed by atoms with Gasteiger partial charge in [-0.25, -0.2) is 8.42 Å². The number of rotatable bonds is 5. The van der Waals surface area contributed by atoms with Crippen LogP contribution in [0, 0.1) is 13.8 Å². The van der Waals surface area contributed by atoms with Gasteiger partial charge in [-0.2, -0.15) is 0 Å². The van der Waals surface area contributed by atoms with Crippen molar-refractivity contribution in [2.45, 2.75) is 26.8 Å². The van der Waals surface area contributed by atoms with Gasteiger partial charge in [0.15, 0.2) is 0 Å². The second-order valence-electron chi connectivity index (χ2n) is 6.14. The molecule has 2 rings (SSSR count). The molecule has 1 N–H and O–H groups in total. The third kappa shape index (κ3) is 4.69. The van der Waals surface area contributed by atoms with Crippen LogP contribution >= 0.6 is 23.2 Å². The predicted octanol–water partition coefficient (Wildman–Crippen LogP) is 4.40. The number of halogens is 2. The van der Waals surface area contributed by atoms with Crippen molar-refractivity contribution in [3.63, 3.8) is 0 Å². The first kappa shape index (κ1) is 20.6. The van der Waals surface area contributed by atoms with Crippen LogP contribution in [0.2, 0.25) is 10.0 Å². The highest BCUT2D eigenvalue weighted by atomic mass is 35.5. The second kappa shape index (κ2) is 7.86. The van der Waals surface area contributed by atoms with E-state index in [1.54, 1.807) is 0 Å². The molecule has 0 spiro atoms. The quantitative estimate of drug-likeness (QED) is 0.787. The Hall–Kier alpha value is -1.76. The summed E-state index contributed by atoms with van der Waals surface area (Å²) in [6.07, 6.45) is 1.04. The monoisotopic (exact) mass is 414 g/mol. The minimum absolute atomic E-state index is 0.208. The van der Waals surface area contributed by atoms with Crippen molar-refractivity contribution < 1.29 is 13.2 Å². The van der Waals surface area contributed by atoms with Crippen molar-refractivity contribution in [1.29, 1.82) is 0 Å². The Morgan fingerprint density at radius 3 is 2.31 bits per heavy atom. The lowest BCUT2D eigenvalue weighted by Gasteiger charge is -2.28. The molecule has 140 valence electrons. The van der Waals surface area contributed by atoms with E-state index in [1.807, 2.05) is 32.0 Å². The molecule has 5 nitrogen and oxygen atoms in total. The van der Waals surface area contributed by atoms with Crippen LogP contribution in [-0.2, 0) is 14.8 Å². The molecule has 2 aromatic carbocycles. The maximum Gasteiger partial charge on any atom is 0.248 e. The number of anilines is 2. The number of amides is 1. The van der Waals surface area contributed by atoms with Gasteiger partial charge < -0.3 is 5.32 Å². The molecule has 0 aliphatic rings. The summed E-state index contributed by atoms with van der Waals surface area (Å²) in [7, 11) is -3.73. The zero-order chi connectivity index (χ0) is 19.6. The van der Waals surface area contributed by atoms with Gasteiger partial charge in [-0.1, -0.05) is 35.3 Å². The molecule has 8 heteroatoms. The summed E-state index contributed by atoms with van der Waals surface area (Å²) in [4.78, 5) is 12.7. The standard InChI is InChI=1S/C18H20Cl2N2O3S/c1-11-5-6-12(2)17(9-11)21-18(23)13(3)22(26(4,24)25)14-7-8-15(19)16(20)10-14/h5-10,13H,1-4H3,(H,21,23). The average Bonchev–Trinajstić information content (AvgIpc) is 2.53. The number of carbonyl (C=O) groups is 1. The molecule has 0 heterocycles. The molecule has 0 aliphatic carbocycles. The van der Waals surface area contributed by atoms with Crippen LogP contribution in [0.15, 0.2) is 36.4 Å². The molecule has 0 aromatic heterocycles. The van der Waals surface area contributed by atoms with Gasteiger partial charge in [-0.3, -0.25) is 9.10 Å². The number of nitrogens with zero attached hydrogens (tertiary/aromatic N) is 1. The van der Waals surface area contributed by atoms with Gasteiger partial charge in [0.25, 0.3) is 0 Å². The number of carbonyl (C=O) groups excluding carboxylic acids is 1. The maximum atomic E-state index is 12.7. The predicted molar refractivity (Wildman–Crippen MR) is 108 cm³/mol. The summed E-state index contributed by atoms with van der Waals surface area (Å²) in [6.45, 7) is 5.30. The van der Waals surface area contributed by atoms with Crippen LogP contribution in [0.1, 0.15) is 18.1 Å². The van der Waals surface area contributed by atoms with E-state index in [2.05, 4.69) is 5.32 Å². The number of nitrogens with one attached hydrogen (secondary N) is 1. The van der Waals surface area contributed by atoms with Crippen molar-refractivity contribution in [3.05, 3.63) is 57.6 Å². The smallest absolute Gasteiger partial charge is 0.248 e. The molecule has 0 saturated carbocycles. The lowest BCUT2D eigenvalue weighted by atomic mass is 10.1. The summed E-state index contributed by atoms with van der Waals surface area (Å²) >= 11 is 11.9. The number of hydrogen-bond donors (Lipinski definition) is 1. The first-order chi connectivity index (χ1) is 12.0. The largest absolute Gasteiger partial charge is 0.324 e. The van der Waals surface area contributed by atoms with Crippen LogP contribution in [0.25, 0.3) is 0 Å². The van der Waals surface area contributed by atoms with Crippen molar-refractivity contribution in [2.24, 2.45) is 0 Å². The summed E-state index contributed by atoms with van der Waals surface area (Å²) < 4.78 is 25.7. The molecular weight excluding hydrogens is 395 g/mol. The van der Waals surface area contributed by atoms with Crippen LogP contribution in [0.4, 0.5) is 11.4 Å². The van der Waals surface area contributed by atoms with Gasteiger partial charge in [0, 0.05) is 5.69 Å². The van der Waals surface area contributed by atoms with E-state index in [4.69, 9.17) is 23.2 Å². The molecule has 26 heavy (non-hydrogen) atoms. The summed E-state index contributed by atoms with van der Waals surface area (Å²) in [5.74, 6) is -0.449. The SMILES string of the molecule is Cc1ccc(C)c(NC(=O)C(C)N(c2ccc(Cl)c(Cl)c2)S(C)(=O)=O)c1. The lowest BCUT2D eigenvalue weighted by Crippen LogP contribution is -2.45. The Kier molecular flexibility index (Phi) is 6.21. The Morgan fingerprint density at radius 2 is 1.73 bits per heavy atom. The summed E-state index contributed by atoms with van der Waals surface area (Å²) in [5.41, 5.74) is 2.79. The minimum Gasteiger partial charge on any atom is -0.324 e. The molecule has 0 fully saturated rings. The number of aryl methyl sites for hydroxylation is 2. The third-order valence-corrected chi connectivity index (χ3v) is 5.88. The Labute approximate surface area is 164 Å². The van der Waals surface area contributed by atoms with Crippen LogP contribution in [-0.4, -0.2) is 26.6 Å². The van der Waals surface area contributed by atoms with Crippen molar-refractivity contribution in [2.75, 3.05) is 15.9 Å². The normalized spacial score (nSPS) is 12.5. The fourth-order valence-electron chi connectivity index (χ4n) is 2.54. The molecule has 0 bridgehead atoms. The third-order valence-electron chi connectivity index (χ3n) is 3.90. The lowest BCUT2D eigenvalue weighted by molar-refractivity contribution is -0.116. The Bertz CT molecular complexity index is 945. The average molecular weight is 415 g/mol. The highest BCUT2D eigenvalue weighted by molar-refractivity contribution is 7.92. The van der Waals surface area contributed by atoms with Gasteiger partial charge in [0.2, 0.25) is 15.9 Å². The fourth-order valence-corrected chi connectivity index (χ4v) is 4.00. The molecule has 0 aliphatic heterocycles. The molecule has 1 unspecified atom stereocenters. The number of sulfonamides is 1. The first-order valence-corrected chi connectivity index (χ1v) is 10.4. The Balaban J connectivity index is 2.37. The van der Waals surface area contributed by atoms with Gasteiger partial charge in [0.05, 0.1) is 22.0 Å². The molecule has 0 radical (unpaired) electrons. The van der Waals surface area contributed by atoms with E-state index in [-0.39, 0.29) is 10.7 Å². The second-order valence-corrected chi connectivity index (χ2v) is 8.81. The van der Waals surface area contributed by atoms with E-state index in [0.717, 1.165) is 21.7 Å². The van der Waals surface area contributed by atoms with Crippen LogP contribution in [0.3, 0.4) is 0 Å². The van der Waals surface area contributed by atoms with E-state index < -0.39 is 22.0 Å². The van der Waals surface area contributed by atoms with Crippen LogP contribution < -0.4 is 9.62 Å². The zero-order valence-electron chi connectivity index (χ0n) is 14.9. The number of benzene rings is 2. The van der Waals surface area contributed by atoms with Crippen molar-refractivity contribution in [1.82, 2.24) is 0 Å². The first-order valence-electron chi connectivity index (χ1n) is 7.83. The van der Waals surface area contributed by atoms with E-state index in [9.17, 15) is 13.2 Å². The molecule has 0 saturated heterocycles. The Morgan fingerprint density at radius 1 is 1.08 bits per heavy atom. The van der Waals surface area contributed by atoms with Crippen LogP contribution in [0.5, 0.6) is 0 Å². The highest BCUT2D eigenvalue weighted by Crippen LogP contribution is 2.30. The van der Waals surface area contributed by atoms with E-state index >= 15 is 0 Å². The van der Waals surface area contributed by atoms with Gasteiger partial charge in [0.1, 0.15) is 6.04 Å². The van der Waals surface area contributed by atoms with E-state index in [0.29, 0.717) is 10.7 Å². The summed E-state index contributed by atoms with van der Waals surface area (Å²) in [5, 5.41) is 3.31. The van der Waals surface area contributed by atoms with E-state index in [1.165, 1.54) is 25.1 Å².